The van der Waals surface area contributed by atoms with Crippen molar-refractivity contribution in [1.29, 1.82) is 0 Å². The minimum atomic E-state index is 0.486. The number of hydrogen-bond donors (Lipinski definition) is 1. The van der Waals surface area contributed by atoms with Crippen molar-refractivity contribution in [2.75, 3.05) is 12.4 Å². The van der Waals surface area contributed by atoms with Gasteiger partial charge in [0.2, 0.25) is 0 Å². The second kappa shape index (κ2) is 10.7. The normalized spacial score (nSPS) is 11.0. The summed E-state index contributed by atoms with van der Waals surface area (Å²) in [5.41, 5.74) is 7.93. The van der Waals surface area contributed by atoms with Crippen LogP contribution in [0.4, 0.5) is 5.69 Å². The lowest BCUT2D eigenvalue weighted by atomic mass is 10.1. The monoisotopic (exact) mass is 558 g/mol. The van der Waals surface area contributed by atoms with Crippen molar-refractivity contribution >= 4 is 43.2 Å². The first-order valence-electron chi connectivity index (χ1n) is 11.8. The molecule has 0 aliphatic heterocycles. The van der Waals surface area contributed by atoms with Gasteiger partial charge in [-0.3, -0.25) is 0 Å². The molecule has 0 fully saturated rings. The molecule has 0 aliphatic rings. The Morgan fingerprint density at radius 1 is 0.944 bits per heavy atom. The third-order valence-corrected chi connectivity index (χ3v) is 7.75. The number of nitrogens with one attached hydrogen (secondary N) is 1. The summed E-state index contributed by atoms with van der Waals surface area (Å²) in [7, 11) is 1.67. The maximum absolute atomic E-state index is 6.13. The van der Waals surface area contributed by atoms with E-state index in [1.807, 2.05) is 18.2 Å². The number of nitrogens with zero attached hydrogens (tertiary/aromatic N) is 1. The van der Waals surface area contributed by atoms with Gasteiger partial charge in [0.15, 0.2) is 11.5 Å². The predicted octanol–water partition coefficient (Wildman–Crippen LogP) is 8.54. The molecule has 4 nitrogen and oxygen atoms in total. The summed E-state index contributed by atoms with van der Waals surface area (Å²) in [6.07, 6.45) is 0. The quantitative estimate of drug-likeness (QED) is 0.207. The van der Waals surface area contributed by atoms with Crippen LogP contribution in [0.3, 0.4) is 0 Å². The Kier molecular flexibility index (Phi) is 7.25. The van der Waals surface area contributed by atoms with Crippen molar-refractivity contribution in [3.05, 3.63) is 106 Å². The van der Waals surface area contributed by atoms with Gasteiger partial charge in [-0.1, -0.05) is 30.3 Å². The zero-order valence-corrected chi connectivity index (χ0v) is 22.9. The molecule has 182 valence electrons. The standard InChI is InChI=1S/C30H27BrN2O2S/c1-19-8-13-26-28(14-19)36-30(33-26)22-9-11-24(12-10-22)32-17-21-15-25(31)29(27(16-21)34-3)35-18-23-7-5-4-6-20(23)2/h4-16,32H,17-18H2,1-3H3. The van der Waals surface area contributed by atoms with E-state index < -0.39 is 0 Å². The number of benzene rings is 4. The van der Waals surface area contributed by atoms with E-state index in [1.54, 1.807) is 18.4 Å². The summed E-state index contributed by atoms with van der Waals surface area (Å²) < 4.78 is 13.9. The number of thiazole rings is 1. The Labute approximate surface area is 224 Å². The molecule has 0 amide bonds. The number of aryl methyl sites for hydroxylation is 2. The molecular formula is C30H27BrN2O2S. The van der Waals surface area contributed by atoms with Gasteiger partial charge in [0.05, 0.1) is 21.8 Å². The molecule has 0 saturated carbocycles. The van der Waals surface area contributed by atoms with Crippen molar-refractivity contribution in [3.8, 4) is 22.1 Å². The van der Waals surface area contributed by atoms with Crippen LogP contribution < -0.4 is 14.8 Å². The smallest absolute Gasteiger partial charge is 0.175 e. The zero-order chi connectivity index (χ0) is 25.1. The van der Waals surface area contributed by atoms with Crippen LogP contribution in [0.2, 0.25) is 0 Å². The van der Waals surface area contributed by atoms with Gasteiger partial charge in [0.1, 0.15) is 11.6 Å². The van der Waals surface area contributed by atoms with Crippen LogP contribution in [0.15, 0.2) is 83.3 Å². The molecule has 0 atom stereocenters. The minimum absolute atomic E-state index is 0.486. The van der Waals surface area contributed by atoms with E-state index in [1.165, 1.54) is 15.8 Å². The topological polar surface area (TPSA) is 43.4 Å². The number of fused-ring (bicyclic) bond motifs is 1. The molecular weight excluding hydrogens is 532 g/mol. The van der Waals surface area contributed by atoms with Crippen LogP contribution >= 0.6 is 27.3 Å². The Morgan fingerprint density at radius 2 is 1.75 bits per heavy atom. The van der Waals surface area contributed by atoms with Crippen LogP contribution in [0.25, 0.3) is 20.8 Å². The van der Waals surface area contributed by atoms with Crippen LogP contribution in [-0.4, -0.2) is 12.1 Å². The van der Waals surface area contributed by atoms with Crippen molar-refractivity contribution in [3.63, 3.8) is 0 Å². The predicted molar refractivity (Wildman–Crippen MR) is 153 cm³/mol. The fraction of sp³-hybridized carbons (Fsp3) is 0.167. The maximum atomic E-state index is 6.13. The highest BCUT2D eigenvalue weighted by atomic mass is 79.9. The molecule has 0 bridgehead atoms. The fourth-order valence-electron chi connectivity index (χ4n) is 4.03. The molecule has 0 saturated heterocycles. The van der Waals surface area contributed by atoms with Crippen molar-refractivity contribution in [1.82, 2.24) is 4.98 Å². The molecule has 0 spiro atoms. The van der Waals surface area contributed by atoms with Crippen LogP contribution in [0.1, 0.15) is 22.3 Å². The fourth-order valence-corrected chi connectivity index (χ4v) is 5.70. The summed E-state index contributed by atoms with van der Waals surface area (Å²) in [4.78, 5) is 4.79. The molecule has 0 radical (unpaired) electrons. The van der Waals surface area contributed by atoms with Crippen molar-refractivity contribution < 1.29 is 9.47 Å². The van der Waals surface area contributed by atoms with Gasteiger partial charge < -0.3 is 14.8 Å². The highest BCUT2D eigenvalue weighted by molar-refractivity contribution is 9.10. The number of anilines is 1. The summed E-state index contributed by atoms with van der Waals surface area (Å²) >= 11 is 5.40. The van der Waals surface area contributed by atoms with Gasteiger partial charge in [-0.15, -0.1) is 11.3 Å². The van der Waals surface area contributed by atoms with Gasteiger partial charge in [0.25, 0.3) is 0 Å². The summed E-state index contributed by atoms with van der Waals surface area (Å²) in [6.45, 7) is 5.35. The maximum Gasteiger partial charge on any atom is 0.175 e. The SMILES string of the molecule is COc1cc(CNc2ccc(-c3nc4ccc(C)cc4s3)cc2)cc(Br)c1OCc1ccccc1C. The van der Waals surface area contributed by atoms with E-state index in [0.29, 0.717) is 24.7 Å². The van der Waals surface area contributed by atoms with Crippen molar-refractivity contribution in [2.24, 2.45) is 0 Å². The first-order chi connectivity index (χ1) is 17.5. The molecule has 0 unspecified atom stereocenters. The molecule has 1 aromatic heterocycles. The van der Waals surface area contributed by atoms with E-state index in [-0.39, 0.29) is 0 Å². The van der Waals surface area contributed by atoms with E-state index in [2.05, 4.69) is 95.8 Å². The van der Waals surface area contributed by atoms with Crippen LogP contribution in [-0.2, 0) is 13.2 Å². The first kappa shape index (κ1) is 24.3. The second-order valence-electron chi connectivity index (χ2n) is 8.75. The number of hydrogen-bond acceptors (Lipinski definition) is 5. The van der Waals surface area contributed by atoms with Gasteiger partial charge in [-0.05, 0) is 101 Å². The molecule has 1 heterocycles. The number of methoxy groups -OCH3 is 1. The van der Waals surface area contributed by atoms with Crippen molar-refractivity contribution in [2.45, 2.75) is 27.0 Å². The van der Waals surface area contributed by atoms with Crippen LogP contribution in [0, 0.1) is 13.8 Å². The molecule has 4 aromatic carbocycles. The van der Waals surface area contributed by atoms with E-state index in [4.69, 9.17) is 14.5 Å². The van der Waals surface area contributed by atoms with Gasteiger partial charge in [0, 0.05) is 17.8 Å². The lowest BCUT2D eigenvalue weighted by Gasteiger charge is -2.16. The number of ether oxygens (including phenoxy) is 2. The Balaban J connectivity index is 1.26. The average Bonchev–Trinajstić information content (AvgIpc) is 3.31. The highest BCUT2D eigenvalue weighted by Gasteiger charge is 2.13. The zero-order valence-electron chi connectivity index (χ0n) is 20.5. The highest BCUT2D eigenvalue weighted by Crippen LogP contribution is 2.38. The summed E-state index contributed by atoms with van der Waals surface area (Å²) in [5, 5.41) is 4.54. The summed E-state index contributed by atoms with van der Waals surface area (Å²) in [6, 6.07) is 27.1. The van der Waals surface area contributed by atoms with Gasteiger partial charge >= 0.3 is 0 Å². The average molecular weight is 560 g/mol. The minimum Gasteiger partial charge on any atom is -0.493 e. The first-order valence-corrected chi connectivity index (χ1v) is 13.4. The second-order valence-corrected chi connectivity index (χ2v) is 10.6. The Hall–Kier alpha value is -3.35. The molecule has 6 heteroatoms. The molecule has 0 aliphatic carbocycles. The Morgan fingerprint density at radius 3 is 2.53 bits per heavy atom. The lowest BCUT2D eigenvalue weighted by molar-refractivity contribution is 0.282. The lowest BCUT2D eigenvalue weighted by Crippen LogP contribution is -2.03. The number of halogens is 1. The number of rotatable bonds is 8. The molecule has 5 rings (SSSR count). The third kappa shape index (κ3) is 5.40. The summed E-state index contributed by atoms with van der Waals surface area (Å²) in [5.74, 6) is 1.41. The van der Waals surface area contributed by atoms with E-state index in [9.17, 15) is 0 Å². The number of aromatic nitrogens is 1. The van der Waals surface area contributed by atoms with E-state index in [0.717, 1.165) is 37.4 Å². The molecule has 1 N–H and O–H groups in total. The molecule has 36 heavy (non-hydrogen) atoms. The third-order valence-electron chi connectivity index (χ3n) is 6.09. The molecule has 5 aromatic rings. The van der Waals surface area contributed by atoms with Gasteiger partial charge in [-0.25, -0.2) is 4.98 Å². The van der Waals surface area contributed by atoms with E-state index >= 15 is 0 Å². The largest absolute Gasteiger partial charge is 0.493 e. The van der Waals surface area contributed by atoms with Gasteiger partial charge in [-0.2, -0.15) is 0 Å². The van der Waals surface area contributed by atoms with Crippen LogP contribution in [0.5, 0.6) is 11.5 Å². The Bertz CT molecular complexity index is 1510.